The Morgan fingerprint density at radius 3 is 2.60 bits per heavy atom. The molecule has 0 aliphatic carbocycles. The summed E-state index contributed by atoms with van der Waals surface area (Å²) in [5.41, 5.74) is 0.970. The molecule has 1 aromatic carbocycles. The van der Waals surface area contributed by atoms with E-state index >= 15 is 0 Å². The number of halogens is 1. The van der Waals surface area contributed by atoms with Crippen molar-refractivity contribution in [1.29, 1.82) is 0 Å². The number of benzene rings is 1. The van der Waals surface area contributed by atoms with E-state index in [9.17, 15) is 8.42 Å². The van der Waals surface area contributed by atoms with Gasteiger partial charge < -0.3 is 0 Å². The normalized spacial score (nSPS) is 11.6. The van der Waals surface area contributed by atoms with Crippen LogP contribution < -0.4 is 5.14 Å². The van der Waals surface area contributed by atoms with Gasteiger partial charge in [-0.05, 0) is 24.5 Å². The van der Waals surface area contributed by atoms with Gasteiger partial charge in [-0.15, -0.1) is 0 Å². The molecule has 0 bridgehead atoms. The molecule has 0 amide bonds. The minimum Gasteiger partial charge on any atom is -0.258 e. The van der Waals surface area contributed by atoms with Crippen molar-refractivity contribution < 1.29 is 12.6 Å². The van der Waals surface area contributed by atoms with E-state index in [2.05, 4.69) is 9.32 Å². The van der Waals surface area contributed by atoms with Gasteiger partial charge in [-0.25, -0.2) is 5.14 Å². The predicted octanol–water partition coefficient (Wildman–Crippen LogP) is 1.49. The highest BCUT2D eigenvalue weighted by atomic mass is 35.5. The van der Waals surface area contributed by atoms with Crippen molar-refractivity contribution in [2.24, 2.45) is 5.14 Å². The molecule has 0 aliphatic heterocycles. The largest absolute Gasteiger partial charge is 0.333 e. The highest BCUT2D eigenvalue weighted by molar-refractivity contribution is 7.84. The first-order valence-electron chi connectivity index (χ1n) is 4.39. The Hall–Kier alpha value is -0.620. The zero-order chi connectivity index (χ0) is 11.3. The summed E-state index contributed by atoms with van der Waals surface area (Å²) in [7, 11) is -3.82. The van der Waals surface area contributed by atoms with Crippen LogP contribution in [0.4, 0.5) is 0 Å². The number of nitrogens with two attached hydrogens (primary N) is 1. The molecule has 0 atom stereocenters. The molecule has 0 saturated carbocycles. The van der Waals surface area contributed by atoms with Crippen LogP contribution in [-0.4, -0.2) is 15.0 Å². The van der Waals surface area contributed by atoms with Crippen LogP contribution in [-0.2, 0) is 20.9 Å². The Morgan fingerprint density at radius 2 is 2.00 bits per heavy atom. The van der Waals surface area contributed by atoms with Gasteiger partial charge in [0.2, 0.25) is 0 Å². The van der Waals surface area contributed by atoms with Gasteiger partial charge in [-0.2, -0.15) is 8.42 Å². The average molecular weight is 250 g/mol. The van der Waals surface area contributed by atoms with Gasteiger partial charge in [0.1, 0.15) is 0 Å². The highest BCUT2D eigenvalue weighted by Crippen LogP contribution is 2.16. The lowest BCUT2D eigenvalue weighted by atomic mass is 10.1. The first-order valence-corrected chi connectivity index (χ1v) is 6.24. The average Bonchev–Trinajstić information content (AvgIpc) is 2.13. The summed E-state index contributed by atoms with van der Waals surface area (Å²) >= 11 is 5.91. The van der Waals surface area contributed by atoms with E-state index in [0.29, 0.717) is 17.9 Å². The van der Waals surface area contributed by atoms with Crippen LogP contribution in [0.5, 0.6) is 0 Å². The van der Waals surface area contributed by atoms with Crippen molar-refractivity contribution in [3.63, 3.8) is 0 Å². The molecule has 0 spiro atoms. The van der Waals surface area contributed by atoms with Crippen molar-refractivity contribution in [2.75, 3.05) is 6.61 Å². The van der Waals surface area contributed by atoms with Crippen LogP contribution >= 0.6 is 11.6 Å². The van der Waals surface area contributed by atoms with Crippen molar-refractivity contribution in [3.05, 3.63) is 34.9 Å². The second kappa shape index (κ2) is 5.46. The second-order valence-corrected chi connectivity index (χ2v) is 4.64. The SMILES string of the molecule is NS(=O)(=O)OCCCc1ccccc1Cl. The summed E-state index contributed by atoms with van der Waals surface area (Å²) in [6.07, 6.45) is 1.22. The van der Waals surface area contributed by atoms with Crippen LogP contribution in [0, 0.1) is 0 Å². The quantitative estimate of drug-likeness (QED) is 0.804. The van der Waals surface area contributed by atoms with Crippen LogP contribution in [0.1, 0.15) is 12.0 Å². The molecule has 0 saturated heterocycles. The van der Waals surface area contributed by atoms with Gasteiger partial charge in [0.15, 0.2) is 0 Å². The third-order valence-corrected chi connectivity index (χ3v) is 2.66. The monoisotopic (exact) mass is 249 g/mol. The molecular formula is C9H12ClNO3S. The maximum atomic E-state index is 10.4. The van der Waals surface area contributed by atoms with E-state index in [-0.39, 0.29) is 6.61 Å². The lowest BCUT2D eigenvalue weighted by Crippen LogP contribution is -2.16. The first-order chi connectivity index (χ1) is 6.99. The third kappa shape index (κ3) is 5.13. The van der Waals surface area contributed by atoms with Crippen LogP contribution in [0.2, 0.25) is 5.02 Å². The van der Waals surface area contributed by atoms with E-state index in [0.717, 1.165) is 5.56 Å². The molecule has 0 heterocycles. The maximum Gasteiger partial charge on any atom is 0.333 e. The van der Waals surface area contributed by atoms with Crippen LogP contribution in [0.3, 0.4) is 0 Å². The summed E-state index contributed by atoms with van der Waals surface area (Å²) in [4.78, 5) is 0. The molecule has 4 nitrogen and oxygen atoms in total. The number of aryl methyl sites for hydroxylation is 1. The fourth-order valence-corrected chi connectivity index (χ4v) is 1.72. The van der Waals surface area contributed by atoms with E-state index in [4.69, 9.17) is 11.6 Å². The van der Waals surface area contributed by atoms with Crippen LogP contribution in [0.25, 0.3) is 0 Å². The number of hydrogen-bond donors (Lipinski definition) is 1. The lowest BCUT2D eigenvalue weighted by Gasteiger charge is -2.03. The summed E-state index contributed by atoms with van der Waals surface area (Å²) in [6.45, 7) is 0.0735. The molecule has 0 radical (unpaired) electrons. The molecule has 0 aromatic heterocycles. The van der Waals surface area contributed by atoms with Crippen molar-refractivity contribution >= 4 is 21.9 Å². The molecule has 0 unspecified atom stereocenters. The van der Waals surface area contributed by atoms with Crippen molar-refractivity contribution in [3.8, 4) is 0 Å². The molecule has 2 N–H and O–H groups in total. The standard InChI is InChI=1S/C9H12ClNO3S/c10-9-6-2-1-4-8(9)5-3-7-14-15(11,12)13/h1-2,4,6H,3,5,7H2,(H2,11,12,13). The minimum atomic E-state index is -3.82. The van der Waals surface area contributed by atoms with Gasteiger partial charge in [0.25, 0.3) is 0 Å². The van der Waals surface area contributed by atoms with E-state index in [1.165, 1.54) is 0 Å². The molecule has 6 heteroatoms. The van der Waals surface area contributed by atoms with Gasteiger partial charge in [0.05, 0.1) is 6.61 Å². The molecule has 0 fully saturated rings. The molecule has 1 aromatic rings. The Morgan fingerprint density at radius 1 is 1.33 bits per heavy atom. The molecule has 1 rings (SSSR count). The minimum absolute atomic E-state index is 0.0735. The van der Waals surface area contributed by atoms with E-state index in [1.54, 1.807) is 6.07 Å². The third-order valence-electron chi connectivity index (χ3n) is 1.80. The fraction of sp³-hybridized carbons (Fsp3) is 0.333. The van der Waals surface area contributed by atoms with Gasteiger partial charge >= 0.3 is 10.3 Å². The molecule has 84 valence electrons. The molecule has 0 aliphatic rings. The second-order valence-electron chi connectivity index (χ2n) is 3.01. The molecular weight excluding hydrogens is 238 g/mol. The summed E-state index contributed by atoms with van der Waals surface area (Å²) in [5.74, 6) is 0. The van der Waals surface area contributed by atoms with Crippen LogP contribution in [0.15, 0.2) is 24.3 Å². The fourth-order valence-electron chi connectivity index (χ4n) is 1.14. The summed E-state index contributed by atoms with van der Waals surface area (Å²) in [5, 5.41) is 5.34. The summed E-state index contributed by atoms with van der Waals surface area (Å²) < 4.78 is 25.3. The van der Waals surface area contributed by atoms with Gasteiger partial charge in [0, 0.05) is 5.02 Å². The van der Waals surface area contributed by atoms with Gasteiger partial charge in [-0.1, -0.05) is 29.8 Å². The Balaban J connectivity index is 2.36. The maximum absolute atomic E-state index is 10.4. The summed E-state index contributed by atoms with van der Waals surface area (Å²) in [6, 6.07) is 7.39. The smallest absolute Gasteiger partial charge is 0.258 e. The zero-order valence-electron chi connectivity index (χ0n) is 8.02. The Labute approximate surface area is 94.3 Å². The topological polar surface area (TPSA) is 69.4 Å². The molecule has 15 heavy (non-hydrogen) atoms. The van der Waals surface area contributed by atoms with Gasteiger partial charge in [-0.3, -0.25) is 4.18 Å². The Kier molecular flexibility index (Phi) is 4.53. The van der Waals surface area contributed by atoms with E-state index in [1.807, 2.05) is 18.2 Å². The number of rotatable bonds is 5. The predicted molar refractivity (Wildman–Crippen MR) is 58.8 cm³/mol. The first kappa shape index (κ1) is 12.4. The zero-order valence-corrected chi connectivity index (χ0v) is 9.59. The number of hydrogen-bond acceptors (Lipinski definition) is 3. The Bertz CT molecular complexity index is 419. The van der Waals surface area contributed by atoms with Crippen molar-refractivity contribution in [1.82, 2.24) is 0 Å². The lowest BCUT2D eigenvalue weighted by molar-refractivity contribution is 0.313. The highest BCUT2D eigenvalue weighted by Gasteiger charge is 2.03. The van der Waals surface area contributed by atoms with Crippen molar-refractivity contribution in [2.45, 2.75) is 12.8 Å². The van der Waals surface area contributed by atoms with E-state index < -0.39 is 10.3 Å².